The summed E-state index contributed by atoms with van der Waals surface area (Å²) >= 11 is 0. The van der Waals surface area contributed by atoms with Gasteiger partial charge in [-0.15, -0.1) is 0 Å². The van der Waals surface area contributed by atoms with E-state index in [1.807, 2.05) is 0 Å². The van der Waals surface area contributed by atoms with Crippen molar-refractivity contribution in [3.63, 3.8) is 0 Å². The summed E-state index contributed by atoms with van der Waals surface area (Å²) in [6.45, 7) is 4.43. The lowest BCUT2D eigenvalue weighted by Crippen LogP contribution is -2.28. The fraction of sp³-hybridized carbons (Fsp3) is 1.00. The SMILES string of the molecule is CCCNCCC(N)C1CC1. The number of nitrogens with one attached hydrogen (secondary N) is 1. The molecule has 11 heavy (non-hydrogen) atoms. The van der Waals surface area contributed by atoms with Gasteiger partial charge in [0.25, 0.3) is 0 Å². The van der Waals surface area contributed by atoms with Gasteiger partial charge in [-0.05, 0) is 44.7 Å². The fourth-order valence-electron chi connectivity index (χ4n) is 1.33. The molecular weight excluding hydrogens is 136 g/mol. The van der Waals surface area contributed by atoms with Crippen LogP contribution in [0.2, 0.25) is 0 Å². The van der Waals surface area contributed by atoms with E-state index in [-0.39, 0.29) is 0 Å². The quantitative estimate of drug-likeness (QED) is 0.565. The minimum Gasteiger partial charge on any atom is -0.327 e. The Balaban J connectivity index is 1.85. The van der Waals surface area contributed by atoms with E-state index in [1.54, 1.807) is 0 Å². The lowest BCUT2D eigenvalue weighted by atomic mass is 10.1. The summed E-state index contributed by atoms with van der Waals surface area (Å²) in [5.41, 5.74) is 5.92. The standard InChI is InChI=1S/C9H20N2/c1-2-6-11-7-5-9(10)8-3-4-8/h8-9,11H,2-7,10H2,1H3. The van der Waals surface area contributed by atoms with E-state index in [4.69, 9.17) is 5.73 Å². The van der Waals surface area contributed by atoms with Gasteiger partial charge in [-0.1, -0.05) is 6.92 Å². The molecule has 0 heterocycles. The summed E-state index contributed by atoms with van der Waals surface area (Å²) in [5, 5.41) is 3.37. The van der Waals surface area contributed by atoms with Gasteiger partial charge in [0.1, 0.15) is 0 Å². The highest BCUT2D eigenvalue weighted by atomic mass is 14.9. The lowest BCUT2D eigenvalue weighted by Gasteiger charge is -2.09. The Kier molecular flexibility index (Phi) is 3.87. The van der Waals surface area contributed by atoms with E-state index in [0.29, 0.717) is 6.04 Å². The normalized spacial score (nSPS) is 20.2. The molecule has 0 aromatic heterocycles. The molecule has 1 unspecified atom stereocenters. The molecule has 1 fully saturated rings. The third-order valence-corrected chi connectivity index (χ3v) is 2.31. The predicted octanol–water partition coefficient (Wildman–Crippen LogP) is 1.11. The molecule has 2 heteroatoms. The smallest absolute Gasteiger partial charge is 0.00792 e. The molecule has 2 nitrogen and oxygen atoms in total. The van der Waals surface area contributed by atoms with Gasteiger partial charge in [-0.2, -0.15) is 0 Å². The monoisotopic (exact) mass is 156 g/mol. The van der Waals surface area contributed by atoms with Crippen molar-refractivity contribution in [2.45, 2.75) is 38.6 Å². The molecule has 0 amide bonds. The second-order valence-corrected chi connectivity index (χ2v) is 3.54. The van der Waals surface area contributed by atoms with Crippen LogP contribution in [0, 0.1) is 5.92 Å². The van der Waals surface area contributed by atoms with E-state index in [9.17, 15) is 0 Å². The Morgan fingerprint density at radius 1 is 1.45 bits per heavy atom. The zero-order valence-electron chi connectivity index (χ0n) is 7.47. The maximum atomic E-state index is 5.92. The molecule has 1 aliphatic rings. The zero-order valence-corrected chi connectivity index (χ0v) is 7.47. The van der Waals surface area contributed by atoms with Crippen LogP contribution in [-0.2, 0) is 0 Å². The second-order valence-electron chi connectivity index (χ2n) is 3.54. The third kappa shape index (κ3) is 3.73. The van der Waals surface area contributed by atoms with Crippen molar-refractivity contribution in [2.75, 3.05) is 13.1 Å². The molecule has 1 aliphatic carbocycles. The third-order valence-electron chi connectivity index (χ3n) is 2.31. The highest BCUT2D eigenvalue weighted by Crippen LogP contribution is 2.32. The molecule has 1 saturated carbocycles. The van der Waals surface area contributed by atoms with Gasteiger partial charge in [0, 0.05) is 6.04 Å². The van der Waals surface area contributed by atoms with Crippen LogP contribution in [0.1, 0.15) is 32.6 Å². The highest BCUT2D eigenvalue weighted by Gasteiger charge is 2.27. The Morgan fingerprint density at radius 2 is 2.18 bits per heavy atom. The molecule has 0 aromatic rings. The first kappa shape index (κ1) is 9.01. The van der Waals surface area contributed by atoms with E-state index < -0.39 is 0 Å². The van der Waals surface area contributed by atoms with E-state index >= 15 is 0 Å². The van der Waals surface area contributed by atoms with E-state index in [2.05, 4.69) is 12.2 Å². The minimum absolute atomic E-state index is 0.472. The average molecular weight is 156 g/mol. The first-order chi connectivity index (χ1) is 5.34. The molecule has 66 valence electrons. The van der Waals surface area contributed by atoms with Crippen molar-refractivity contribution in [2.24, 2.45) is 11.7 Å². The van der Waals surface area contributed by atoms with Crippen LogP contribution in [0.3, 0.4) is 0 Å². The number of nitrogens with two attached hydrogens (primary N) is 1. The number of hydrogen-bond donors (Lipinski definition) is 2. The summed E-state index contributed by atoms with van der Waals surface area (Å²) in [4.78, 5) is 0. The first-order valence-electron chi connectivity index (χ1n) is 4.81. The molecule has 0 saturated heterocycles. The fourth-order valence-corrected chi connectivity index (χ4v) is 1.33. The van der Waals surface area contributed by atoms with Crippen molar-refractivity contribution in [3.8, 4) is 0 Å². The Hall–Kier alpha value is -0.0800. The van der Waals surface area contributed by atoms with Gasteiger partial charge in [-0.3, -0.25) is 0 Å². The predicted molar refractivity (Wildman–Crippen MR) is 48.5 cm³/mol. The van der Waals surface area contributed by atoms with Crippen LogP contribution < -0.4 is 11.1 Å². The van der Waals surface area contributed by atoms with Crippen molar-refractivity contribution in [3.05, 3.63) is 0 Å². The summed E-state index contributed by atoms with van der Waals surface area (Å²) in [6, 6.07) is 0.472. The maximum absolute atomic E-state index is 5.92. The van der Waals surface area contributed by atoms with Crippen LogP contribution in [0.4, 0.5) is 0 Å². The zero-order chi connectivity index (χ0) is 8.10. The first-order valence-corrected chi connectivity index (χ1v) is 4.81. The van der Waals surface area contributed by atoms with Crippen molar-refractivity contribution in [1.29, 1.82) is 0 Å². The van der Waals surface area contributed by atoms with Gasteiger partial charge < -0.3 is 11.1 Å². The van der Waals surface area contributed by atoms with Crippen LogP contribution >= 0.6 is 0 Å². The molecule has 1 rings (SSSR count). The Morgan fingerprint density at radius 3 is 2.73 bits per heavy atom. The van der Waals surface area contributed by atoms with Crippen molar-refractivity contribution >= 4 is 0 Å². The molecule has 0 aromatic carbocycles. The lowest BCUT2D eigenvalue weighted by molar-refractivity contribution is 0.517. The maximum Gasteiger partial charge on any atom is 0.00792 e. The number of rotatable bonds is 6. The van der Waals surface area contributed by atoms with Gasteiger partial charge in [0.2, 0.25) is 0 Å². The van der Waals surface area contributed by atoms with E-state index in [1.165, 1.54) is 19.3 Å². The second kappa shape index (κ2) is 4.73. The van der Waals surface area contributed by atoms with E-state index in [0.717, 1.165) is 25.4 Å². The Bertz CT molecular complexity index is 99.7. The van der Waals surface area contributed by atoms with Gasteiger partial charge in [-0.25, -0.2) is 0 Å². The molecular formula is C9H20N2. The molecule has 3 N–H and O–H groups in total. The topological polar surface area (TPSA) is 38.0 Å². The molecule has 0 spiro atoms. The largest absolute Gasteiger partial charge is 0.327 e. The summed E-state index contributed by atoms with van der Waals surface area (Å²) in [7, 11) is 0. The average Bonchev–Trinajstić information content (AvgIpc) is 2.79. The molecule has 0 aliphatic heterocycles. The van der Waals surface area contributed by atoms with Crippen molar-refractivity contribution < 1.29 is 0 Å². The summed E-state index contributed by atoms with van der Waals surface area (Å²) < 4.78 is 0. The molecule has 0 radical (unpaired) electrons. The molecule has 1 atom stereocenters. The van der Waals surface area contributed by atoms with Crippen LogP contribution in [0.15, 0.2) is 0 Å². The van der Waals surface area contributed by atoms with Crippen LogP contribution in [0.5, 0.6) is 0 Å². The van der Waals surface area contributed by atoms with Gasteiger partial charge >= 0.3 is 0 Å². The minimum atomic E-state index is 0.472. The van der Waals surface area contributed by atoms with Gasteiger partial charge in [0.05, 0.1) is 0 Å². The number of hydrogen-bond acceptors (Lipinski definition) is 2. The summed E-state index contributed by atoms with van der Waals surface area (Å²) in [5.74, 6) is 0.860. The van der Waals surface area contributed by atoms with Gasteiger partial charge in [0.15, 0.2) is 0 Å². The summed E-state index contributed by atoms with van der Waals surface area (Å²) in [6.07, 6.45) is 5.12. The van der Waals surface area contributed by atoms with Crippen LogP contribution in [0.25, 0.3) is 0 Å². The Labute approximate surface area is 69.5 Å². The highest BCUT2D eigenvalue weighted by molar-refractivity contribution is 4.83. The van der Waals surface area contributed by atoms with Crippen molar-refractivity contribution in [1.82, 2.24) is 5.32 Å². The molecule has 0 bridgehead atoms. The van der Waals surface area contributed by atoms with Crippen LogP contribution in [-0.4, -0.2) is 19.1 Å².